The van der Waals surface area contributed by atoms with Gasteiger partial charge in [0.25, 0.3) is 0 Å². The predicted octanol–water partition coefficient (Wildman–Crippen LogP) is 4.13. The number of nitrogens with one attached hydrogen (secondary N) is 2. The molecule has 0 bridgehead atoms. The maximum Gasteiger partial charge on any atom is 0.191 e. The van der Waals surface area contributed by atoms with Crippen LogP contribution in [0, 0.1) is 13.8 Å². The average Bonchev–Trinajstić information content (AvgIpc) is 3.01. The van der Waals surface area contributed by atoms with Gasteiger partial charge in [-0.3, -0.25) is 9.89 Å². The number of benzene rings is 1. The molecule has 2 rings (SSSR count). The van der Waals surface area contributed by atoms with Crippen LogP contribution in [-0.4, -0.2) is 42.5 Å². The third-order valence-electron chi connectivity index (χ3n) is 4.71. The number of hydrogen-bond acceptors (Lipinski definition) is 4. The fraction of sp³-hybridized carbons (Fsp3) is 0.524. The van der Waals surface area contributed by atoms with Crippen molar-refractivity contribution in [2.45, 2.75) is 47.2 Å². The lowest BCUT2D eigenvalue weighted by Crippen LogP contribution is -2.37. The highest BCUT2D eigenvalue weighted by Gasteiger charge is 2.05. The number of hydrogen-bond donors (Lipinski definition) is 2. The van der Waals surface area contributed by atoms with Crippen molar-refractivity contribution in [1.29, 1.82) is 0 Å². The summed E-state index contributed by atoms with van der Waals surface area (Å²) >= 11 is 1.78. The van der Waals surface area contributed by atoms with Crippen LogP contribution in [0.4, 0.5) is 0 Å². The number of aliphatic imine (C=N–C) groups is 1. The average molecular weight is 516 g/mol. The van der Waals surface area contributed by atoms with Crippen molar-refractivity contribution in [3.8, 4) is 0 Å². The molecular formula is C21H34IN5S. The highest BCUT2D eigenvalue weighted by molar-refractivity contribution is 14.0. The Labute approximate surface area is 191 Å². The maximum atomic E-state index is 4.58. The van der Waals surface area contributed by atoms with Gasteiger partial charge in [-0.25, -0.2) is 4.98 Å². The third-order valence-corrected chi connectivity index (χ3v) is 5.84. The minimum Gasteiger partial charge on any atom is -0.356 e. The molecule has 0 saturated heterocycles. The molecular weight excluding hydrogens is 481 g/mol. The molecule has 0 saturated carbocycles. The summed E-state index contributed by atoms with van der Waals surface area (Å²) in [7, 11) is 1.81. The van der Waals surface area contributed by atoms with Gasteiger partial charge < -0.3 is 10.6 Å². The van der Waals surface area contributed by atoms with E-state index in [0.717, 1.165) is 50.8 Å². The predicted molar refractivity (Wildman–Crippen MR) is 132 cm³/mol. The molecule has 0 fully saturated rings. The molecule has 0 aliphatic heterocycles. The van der Waals surface area contributed by atoms with Crippen LogP contribution in [0.3, 0.4) is 0 Å². The standard InChI is InChI=1S/C21H33N5S.HI/c1-6-26(7-2)15-19-10-8-18(9-11-19)14-24-21(22-5)23-13-12-20-25-16(3)17(4)27-20;/h8-11H,6-7,12-15H2,1-5H3,(H2,22,23,24);1H. The van der Waals surface area contributed by atoms with Crippen LogP contribution in [0.1, 0.15) is 40.6 Å². The van der Waals surface area contributed by atoms with Crippen molar-refractivity contribution >= 4 is 41.3 Å². The fourth-order valence-corrected chi connectivity index (χ4v) is 3.74. The van der Waals surface area contributed by atoms with Gasteiger partial charge in [0.1, 0.15) is 0 Å². The first kappa shape index (κ1) is 24.8. The van der Waals surface area contributed by atoms with E-state index < -0.39 is 0 Å². The van der Waals surface area contributed by atoms with Crippen molar-refractivity contribution in [3.05, 3.63) is 51.0 Å². The van der Waals surface area contributed by atoms with E-state index in [-0.39, 0.29) is 24.0 Å². The zero-order valence-corrected chi connectivity index (χ0v) is 20.9. The Bertz CT molecular complexity index is 703. The largest absolute Gasteiger partial charge is 0.356 e. The number of aromatic nitrogens is 1. The van der Waals surface area contributed by atoms with E-state index in [2.05, 4.69) is 77.5 Å². The molecule has 28 heavy (non-hydrogen) atoms. The van der Waals surface area contributed by atoms with Gasteiger partial charge in [0.15, 0.2) is 5.96 Å². The molecule has 0 atom stereocenters. The summed E-state index contributed by atoms with van der Waals surface area (Å²) in [5.74, 6) is 0.826. The number of rotatable bonds is 9. The third kappa shape index (κ3) is 8.05. The first-order valence-electron chi connectivity index (χ1n) is 9.73. The van der Waals surface area contributed by atoms with Gasteiger partial charge in [-0.1, -0.05) is 38.1 Å². The quantitative estimate of drug-likeness (QED) is 0.300. The minimum absolute atomic E-state index is 0. The lowest BCUT2D eigenvalue weighted by Gasteiger charge is -2.18. The number of aryl methyl sites for hydroxylation is 2. The lowest BCUT2D eigenvalue weighted by atomic mass is 10.1. The summed E-state index contributed by atoms with van der Waals surface area (Å²) in [5.41, 5.74) is 3.76. The van der Waals surface area contributed by atoms with Gasteiger partial charge >= 0.3 is 0 Å². The van der Waals surface area contributed by atoms with Gasteiger partial charge in [-0.2, -0.15) is 0 Å². The van der Waals surface area contributed by atoms with Crippen molar-refractivity contribution in [2.75, 3.05) is 26.7 Å². The smallest absolute Gasteiger partial charge is 0.191 e. The molecule has 1 aromatic heterocycles. The summed E-state index contributed by atoms with van der Waals surface area (Å²) in [6.45, 7) is 13.4. The molecule has 0 aliphatic rings. The summed E-state index contributed by atoms with van der Waals surface area (Å²) < 4.78 is 0. The van der Waals surface area contributed by atoms with E-state index in [1.54, 1.807) is 18.4 Å². The van der Waals surface area contributed by atoms with E-state index in [0.29, 0.717) is 0 Å². The number of guanidine groups is 1. The Kier molecular flexibility index (Phi) is 11.6. The molecule has 0 amide bonds. The number of halogens is 1. The summed E-state index contributed by atoms with van der Waals surface area (Å²) in [6.07, 6.45) is 0.917. The Hall–Kier alpha value is -1.19. The van der Waals surface area contributed by atoms with E-state index in [4.69, 9.17) is 0 Å². The topological polar surface area (TPSA) is 52.5 Å². The lowest BCUT2D eigenvalue weighted by molar-refractivity contribution is 0.296. The molecule has 1 aromatic carbocycles. The van der Waals surface area contributed by atoms with E-state index in [9.17, 15) is 0 Å². The van der Waals surface area contributed by atoms with E-state index in [1.165, 1.54) is 21.0 Å². The Morgan fingerprint density at radius 1 is 1.07 bits per heavy atom. The van der Waals surface area contributed by atoms with Gasteiger partial charge in [0.05, 0.1) is 10.7 Å². The van der Waals surface area contributed by atoms with Crippen molar-refractivity contribution in [3.63, 3.8) is 0 Å². The first-order valence-corrected chi connectivity index (χ1v) is 10.5. The van der Waals surface area contributed by atoms with Crippen molar-refractivity contribution in [1.82, 2.24) is 20.5 Å². The van der Waals surface area contributed by atoms with Crippen molar-refractivity contribution < 1.29 is 0 Å². The molecule has 0 spiro atoms. The summed E-state index contributed by atoms with van der Waals surface area (Å²) in [5, 5.41) is 7.93. The molecule has 0 aliphatic carbocycles. The van der Waals surface area contributed by atoms with Crippen LogP contribution in [0.25, 0.3) is 0 Å². The van der Waals surface area contributed by atoms with Gasteiger partial charge in [-0.15, -0.1) is 35.3 Å². The second-order valence-electron chi connectivity index (χ2n) is 6.63. The van der Waals surface area contributed by atoms with Gasteiger partial charge in [0, 0.05) is 38.0 Å². The van der Waals surface area contributed by atoms with Crippen LogP contribution in [0.15, 0.2) is 29.3 Å². The summed E-state index contributed by atoms with van der Waals surface area (Å²) in [6, 6.07) is 8.83. The molecule has 2 N–H and O–H groups in total. The monoisotopic (exact) mass is 515 g/mol. The van der Waals surface area contributed by atoms with Crippen LogP contribution in [0.2, 0.25) is 0 Å². The molecule has 5 nitrogen and oxygen atoms in total. The van der Waals surface area contributed by atoms with E-state index >= 15 is 0 Å². The van der Waals surface area contributed by atoms with Gasteiger partial charge in [0.2, 0.25) is 0 Å². The maximum absolute atomic E-state index is 4.58. The minimum atomic E-state index is 0. The molecule has 0 radical (unpaired) electrons. The SMILES string of the molecule is CCN(CC)Cc1ccc(CNC(=NC)NCCc2nc(C)c(C)s2)cc1.I. The molecule has 7 heteroatoms. The molecule has 2 aromatic rings. The van der Waals surface area contributed by atoms with Crippen LogP contribution in [0.5, 0.6) is 0 Å². The van der Waals surface area contributed by atoms with Crippen molar-refractivity contribution in [2.24, 2.45) is 4.99 Å². The highest BCUT2D eigenvalue weighted by Crippen LogP contribution is 2.16. The second-order valence-corrected chi connectivity index (χ2v) is 7.92. The second kappa shape index (κ2) is 13.1. The normalized spacial score (nSPS) is 11.4. The molecule has 1 heterocycles. The fourth-order valence-electron chi connectivity index (χ4n) is 2.81. The Morgan fingerprint density at radius 3 is 2.25 bits per heavy atom. The Balaban J connectivity index is 0.00000392. The molecule has 0 unspecified atom stereocenters. The van der Waals surface area contributed by atoms with Crippen LogP contribution < -0.4 is 10.6 Å². The van der Waals surface area contributed by atoms with Gasteiger partial charge in [-0.05, 0) is 38.1 Å². The highest BCUT2D eigenvalue weighted by atomic mass is 127. The molecule has 156 valence electrons. The summed E-state index contributed by atoms with van der Waals surface area (Å²) in [4.78, 5) is 12.6. The van der Waals surface area contributed by atoms with Crippen LogP contribution in [-0.2, 0) is 19.5 Å². The van der Waals surface area contributed by atoms with Crippen LogP contribution >= 0.6 is 35.3 Å². The zero-order valence-electron chi connectivity index (χ0n) is 17.7. The first-order chi connectivity index (χ1) is 13.0. The Morgan fingerprint density at radius 2 is 1.71 bits per heavy atom. The zero-order chi connectivity index (χ0) is 19.6. The van der Waals surface area contributed by atoms with E-state index in [1.807, 2.05) is 0 Å². The number of thiazole rings is 1. The number of nitrogens with zero attached hydrogens (tertiary/aromatic N) is 3.